The van der Waals surface area contributed by atoms with Crippen LogP contribution in [-0.4, -0.2) is 50.5 Å². The van der Waals surface area contributed by atoms with E-state index in [2.05, 4.69) is 13.2 Å². The van der Waals surface area contributed by atoms with Gasteiger partial charge in [-0.2, -0.15) is 0 Å². The quantitative estimate of drug-likeness (QED) is 0.0767. The van der Waals surface area contributed by atoms with Gasteiger partial charge in [-0.25, -0.2) is 9.78 Å². The van der Waals surface area contributed by atoms with Gasteiger partial charge in [0.05, 0.1) is 33.0 Å². The van der Waals surface area contributed by atoms with Gasteiger partial charge in [-0.05, 0) is 36.1 Å². The van der Waals surface area contributed by atoms with Crippen LogP contribution in [0.3, 0.4) is 0 Å². The second-order valence-electron chi connectivity index (χ2n) is 9.64. The third-order valence-electron chi connectivity index (χ3n) is 6.49. The number of para-hydroxylation sites is 1. The molecule has 1 aliphatic rings. The highest BCUT2D eigenvalue weighted by atomic mass is 17.2. The Kier molecular flexibility index (Phi) is 13.1. The number of unbranched alkanes of at least 4 members (excludes halogenated alkanes) is 1. The Balaban J connectivity index is 1.58. The topological polar surface area (TPSA) is 64.6 Å². The molecule has 4 rings (SSSR count). The molecule has 1 aliphatic heterocycles. The van der Waals surface area contributed by atoms with E-state index in [1.165, 1.54) is 0 Å². The molecule has 218 valence electrons. The largest absolute Gasteiger partial charge is 0.462 e. The van der Waals surface area contributed by atoms with Crippen molar-refractivity contribution in [1.29, 1.82) is 0 Å². The Bertz CT molecular complexity index is 1130. The molecule has 0 aliphatic carbocycles. The van der Waals surface area contributed by atoms with Gasteiger partial charge in [0.15, 0.2) is 6.10 Å². The summed E-state index contributed by atoms with van der Waals surface area (Å²) < 4.78 is 31.7. The predicted molar refractivity (Wildman–Crippen MR) is 157 cm³/mol. The minimum absolute atomic E-state index is 0.253. The van der Waals surface area contributed by atoms with Gasteiger partial charge in [0.25, 0.3) is 0 Å². The van der Waals surface area contributed by atoms with Crippen LogP contribution in [0.25, 0.3) is 0 Å². The standard InChI is InChI=1S/C34H40O7/c1-3-5-15-23-38-41-33-32(37-25-28-18-11-7-12-19-28)31(36-22-4-2)30(26-35-24-27-16-9-6-10-17-27)40-34(33)39-29-20-13-8-14-21-29/h3-4,6-14,16-21,30-34H,1-2,5,15,22-26H2/t30-,31-,32+,33+,34-/m1/s1. The van der Waals surface area contributed by atoms with E-state index in [1.54, 1.807) is 6.08 Å². The lowest BCUT2D eigenvalue weighted by atomic mass is 9.98. The summed E-state index contributed by atoms with van der Waals surface area (Å²) in [5, 5.41) is 0. The molecular weight excluding hydrogens is 520 g/mol. The molecule has 1 fully saturated rings. The Morgan fingerprint density at radius 1 is 0.707 bits per heavy atom. The summed E-state index contributed by atoms with van der Waals surface area (Å²) >= 11 is 0. The van der Waals surface area contributed by atoms with Crippen LogP contribution in [0.4, 0.5) is 0 Å². The number of benzene rings is 3. The molecule has 0 radical (unpaired) electrons. The highest BCUT2D eigenvalue weighted by molar-refractivity contribution is 5.21. The Morgan fingerprint density at radius 3 is 2.02 bits per heavy atom. The fourth-order valence-electron chi connectivity index (χ4n) is 4.46. The Labute approximate surface area is 243 Å². The van der Waals surface area contributed by atoms with Crippen molar-refractivity contribution in [2.45, 2.75) is 56.8 Å². The summed E-state index contributed by atoms with van der Waals surface area (Å²) in [6.45, 7) is 9.31. The molecule has 41 heavy (non-hydrogen) atoms. The predicted octanol–water partition coefficient (Wildman–Crippen LogP) is 6.45. The maximum Gasteiger partial charge on any atom is 0.232 e. The molecule has 0 bridgehead atoms. The van der Waals surface area contributed by atoms with Crippen LogP contribution < -0.4 is 4.74 Å². The van der Waals surface area contributed by atoms with Crippen LogP contribution in [0.5, 0.6) is 5.75 Å². The molecule has 0 aromatic heterocycles. The summed E-state index contributed by atoms with van der Waals surface area (Å²) in [5.74, 6) is 0.633. The van der Waals surface area contributed by atoms with E-state index in [-0.39, 0.29) is 6.61 Å². The molecule has 0 amide bonds. The molecule has 0 saturated carbocycles. The van der Waals surface area contributed by atoms with E-state index in [9.17, 15) is 0 Å². The van der Waals surface area contributed by atoms with Crippen molar-refractivity contribution in [2.24, 2.45) is 0 Å². The molecule has 3 aromatic rings. The third kappa shape index (κ3) is 9.93. The Morgan fingerprint density at radius 2 is 1.37 bits per heavy atom. The summed E-state index contributed by atoms with van der Waals surface area (Å²) in [6, 6.07) is 29.4. The van der Waals surface area contributed by atoms with E-state index in [4.69, 9.17) is 33.5 Å². The Hall–Kier alpha value is -3.30. The number of hydrogen-bond donors (Lipinski definition) is 0. The van der Waals surface area contributed by atoms with Crippen molar-refractivity contribution in [3.63, 3.8) is 0 Å². The van der Waals surface area contributed by atoms with E-state index in [0.29, 0.717) is 32.2 Å². The van der Waals surface area contributed by atoms with Crippen molar-refractivity contribution < 1.29 is 33.5 Å². The van der Waals surface area contributed by atoms with E-state index >= 15 is 0 Å². The maximum atomic E-state index is 6.54. The molecular formula is C34H40O7. The van der Waals surface area contributed by atoms with Crippen LogP contribution in [0.15, 0.2) is 116 Å². The van der Waals surface area contributed by atoms with Crippen LogP contribution >= 0.6 is 0 Å². The highest BCUT2D eigenvalue weighted by Gasteiger charge is 2.50. The first-order chi connectivity index (χ1) is 20.3. The van der Waals surface area contributed by atoms with Gasteiger partial charge in [0.1, 0.15) is 24.1 Å². The first kappa shape index (κ1) is 30.7. The molecule has 1 heterocycles. The molecule has 7 heteroatoms. The van der Waals surface area contributed by atoms with Gasteiger partial charge in [-0.3, -0.25) is 0 Å². The number of rotatable bonds is 18. The lowest BCUT2D eigenvalue weighted by Crippen LogP contribution is -2.62. The fourth-order valence-corrected chi connectivity index (χ4v) is 4.46. The lowest BCUT2D eigenvalue weighted by molar-refractivity contribution is -0.404. The number of hydrogen-bond acceptors (Lipinski definition) is 7. The van der Waals surface area contributed by atoms with Crippen LogP contribution in [0.2, 0.25) is 0 Å². The first-order valence-corrected chi connectivity index (χ1v) is 14.0. The zero-order valence-electron chi connectivity index (χ0n) is 23.4. The molecule has 7 nitrogen and oxygen atoms in total. The van der Waals surface area contributed by atoms with Gasteiger partial charge < -0.3 is 23.7 Å². The lowest BCUT2D eigenvalue weighted by Gasteiger charge is -2.44. The second-order valence-corrected chi connectivity index (χ2v) is 9.64. The van der Waals surface area contributed by atoms with Crippen molar-refractivity contribution in [3.05, 3.63) is 127 Å². The monoisotopic (exact) mass is 560 g/mol. The minimum Gasteiger partial charge on any atom is -0.462 e. The second kappa shape index (κ2) is 17.5. The minimum atomic E-state index is -0.855. The van der Waals surface area contributed by atoms with Gasteiger partial charge in [0, 0.05) is 0 Å². The normalized spacial score (nSPS) is 22.2. The van der Waals surface area contributed by atoms with E-state index in [1.807, 2.05) is 97.1 Å². The molecule has 3 aromatic carbocycles. The summed E-state index contributed by atoms with van der Waals surface area (Å²) in [7, 11) is 0. The van der Waals surface area contributed by atoms with Gasteiger partial charge >= 0.3 is 0 Å². The highest BCUT2D eigenvalue weighted by Crippen LogP contribution is 2.31. The fraction of sp³-hybridized carbons (Fsp3) is 0.353. The molecule has 5 atom stereocenters. The smallest absolute Gasteiger partial charge is 0.232 e. The number of ether oxygens (including phenoxy) is 5. The van der Waals surface area contributed by atoms with Crippen molar-refractivity contribution in [3.8, 4) is 5.75 Å². The molecule has 0 N–H and O–H groups in total. The van der Waals surface area contributed by atoms with Crippen molar-refractivity contribution in [2.75, 3.05) is 19.8 Å². The van der Waals surface area contributed by atoms with Crippen LogP contribution in [-0.2, 0) is 41.9 Å². The van der Waals surface area contributed by atoms with Gasteiger partial charge in [-0.15, -0.1) is 13.2 Å². The average molecular weight is 561 g/mol. The summed E-state index contributed by atoms with van der Waals surface area (Å²) in [5.41, 5.74) is 2.08. The summed E-state index contributed by atoms with van der Waals surface area (Å²) in [4.78, 5) is 11.6. The van der Waals surface area contributed by atoms with Gasteiger partial charge in [-0.1, -0.05) is 91.0 Å². The third-order valence-corrected chi connectivity index (χ3v) is 6.49. The maximum absolute atomic E-state index is 6.54. The SMILES string of the molecule is C=CCCCOO[C@@H]1[C@H](Oc2ccccc2)O[C@H](COCc2ccccc2)[C@@H](OCC=C)[C@@H]1OCc1ccccc1. The molecule has 1 saturated heterocycles. The molecule has 0 unspecified atom stereocenters. The zero-order chi connectivity index (χ0) is 28.5. The average Bonchev–Trinajstić information content (AvgIpc) is 3.01. The molecule has 0 spiro atoms. The summed E-state index contributed by atoms with van der Waals surface area (Å²) in [6.07, 6.45) is 1.83. The van der Waals surface area contributed by atoms with E-state index < -0.39 is 30.7 Å². The zero-order valence-corrected chi connectivity index (χ0v) is 23.4. The first-order valence-electron chi connectivity index (χ1n) is 14.0. The van der Waals surface area contributed by atoms with Crippen molar-refractivity contribution in [1.82, 2.24) is 0 Å². The van der Waals surface area contributed by atoms with Gasteiger partial charge in [0.2, 0.25) is 6.29 Å². The van der Waals surface area contributed by atoms with Crippen LogP contribution in [0, 0.1) is 0 Å². The number of allylic oxidation sites excluding steroid dienone is 1. The van der Waals surface area contributed by atoms with Crippen molar-refractivity contribution >= 4 is 0 Å². The van der Waals surface area contributed by atoms with Crippen LogP contribution in [0.1, 0.15) is 24.0 Å². The van der Waals surface area contributed by atoms with E-state index in [0.717, 1.165) is 24.0 Å².